The summed E-state index contributed by atoms with van der Waals surface area (Å²) < 4.78 is 6.00. The number of benzene rings is 1. The number of amides is 1. The summed E-state index contributed by atoms with van der Waals surface area (Å²) in [7, 11) is 1.67. The molecule has 8 nitrogen and oxygen atoms in total. The van der Waals surface area contributed by atoms with E-state index in [4.69, 9.17) is 4.74 Å². The zero-order valence-corrected chi connectivity index (χ0v) is 19.2. The summed E-state index contributed by atoms with van der Waals surface area (Å²) in [4.78, 5) is 41.7. The maximum Gasteiger partial charge on any atom is 0.269 e. The van der Waals surface area contributed by atoms with Crippen molar-refractivity contribution < 1.29 is 9.53 Å². The lowest BCUT2D eigenvalue weighted by Gasteiger charge is -2.36. The number of fused-ring (bicyclic) bond motifs is 1. The second kappa shape index (κ2) is 8.67. The molecule has 4 aromatic rings. The summed E-state index contributed by atoms with van der Waals surface area (Å²) >= 11 is 1.24. The fourth-order valence-corrected chi connectivity index (χ4v) is 4.94. The molecule has 0 radical (unpaired) electrons. The van der Waals surface area contributed by atoms with Crippen LogP contribution in [0.5, 0.6) is 5.75 Å². The van der Waals surface area contributed by atoms with Crippen molar-refractivity contribution >= 4 is 33.1 Å². The minimum atomic E-state index is -0.263. The summed E-state index contributed by atoms with van der Waals surface area (Å²) in [5.74, 6) is 1.09. The SMILES string of the molecule is COc1cc(C)ccc1N1CCN(C(=O)c2csc3c(=O)[nH]c(-c4ccccn4)nc23)CC1. The van der Waals surface area contributed by atoms with Gasteiger partial charge in [0.2, 0.25) is 0 Å². The number of carbonyl (C=O) groups is 1. The predicted octanol–water partition coefficient (Wildman–Crippen LogP) is 3.33. The Morgan fingerprint density at radius 1 is 1.15 bits per heavy atom. The number of aromatic amines is 1. The predicted molar refractivity (Wildman–Crippen MR) is 129 cm³/mol. The number of carbonyl (C=O) groups excluding carboxylic acids is 1. The van der Waals surface area contributed by atoms with Gasteiger partial charge in [0.05, 0.1) is 18.4 Å². The van der Waals surface area contributed by atoms with Gasteiger partial charge in [0.1, 0.15) is 21.7 Å². The Bertz CT molecular complexity index is 1370. The third-order valence-electron chi connectivity index (χ3n) is 5.81. The van der Waals surface area contributed by atoms with E-state index in [1.165, 1.54) is 11.3 Å². The van der Waals surface area contributed by atoms with Crippen molar-refractivity contribution in [2.45, 2.75) is 6.92 Å². The summed E-state index contributed by atoms with van der Waals surface area (Å²) in [6.45, 7) is 4.57. The van der Waals surface area contributed by atoms with Crippen LogP contribution in [0.1, 0.15) is 15.9 Å². The molecular weight excluding hydrogens is 438 g/mol. The monoisotopic (exact) mass is 461 g/mol. The van der Waals surface area contributed by atoms with E-state index in [9.17, 15) is 9.59 Å². The molecule has 9 heteroatoms. The highest BCUT2D eigenvalue weighted by Gasteiger charge is 2.26. The Morgan fingerprint density at radius 3 is 2.70 bits per heavy atom. The van der Waals surface area contributed by atoms with Gasteiger partial charge in [-0.25, -0.2) is 4.98 Å². The number of piperazine rings is 1. The summed E-state index contributed by atoms with van der Waals surface area (Å²) in [6.07, 6.45) is 1.64. The molecule has 0 spiro atoms. The van der Waals surface area contributed by atoms with Gasteiger partial charge in [-0.05, 0) is 36.8 Å². The average Bonchev–Trinajstić information content (AvgIpc) is 3.29. The summed E-state index contributed by atoms with van der Waals surface area (Å²) in [5.41, 5.74) is 3.35. The number of aryl methyl sites for hydroxylation is 1. The maximum atomic E-state index is 13.4. The van der Waals surface area contributed by atoms with E-state index >= 15 is 0 Å². The average molecular weight is 462 g/mol. The van der Waals surface area contributed by atoms with Crippen molar-refractivity contribution in [1.29, 1.82) is 0 Å². The van der Waals surface area contributed by atoms with Gasteiger partial charge in [0.25, 0.3) is 11.5 Å². The number of methoxy groups -OCH3 is 1. The van der Waals surface area contributed by atoms with Gasteiger partial charge in [0.15, 0.2) is 5.82 Å². The lowest BCUT2D eigenvalue weighted by molar-refractivity contribution is 0.0749. The van der Waals surface area contributed by atoms with Crippen LogP contribution in [-0.2, 0) is 0 Å². The lowest BCUT2D eigenvalue weighted by Crippen LogP contribution is -2.48. The first kappa shape index (κ1) is 21.1. The van der Waals surface area contributed by atoms with Crippen molar-refractivity contribution in [3.63, 3.8) is 0 Å². The van der Waals surface area contributed by atoms with Crippen molar-refractivity contribution in [2.24, 2.45) is 0 Å². The van der Waals surface area contributed by atoms with Gasteiger partial charge >= 0.3 is 0 Å². The van der Waals surface area contributed by atoms with Crippen molar-refractivity contribution in [2.75, 3.05) is 38.2 Å². The van der Waals surface area contributed by atoms with Gasteiger partial charge < -0.3 is 19.5 Å². The Hall–Kier alpha value is -3.72. The molecule has 0 bridgehead atoms. The first-order valence-corrected chi connectivity index (χ1v) is 11.5. The molecule has 1 aromatic carbocycles. The highest BCUT2D eigenvalue weighted by Crippen LogP contribution is 2.31. The van der Waals surface area contributed by atoms with E-state index in [1.807, 2.05) is 24.0 Å². The van der Waals surface area contributed by atoms with Gasteiger partial charge in [-0.3, -0.25) is 14.6 Å². The topological polar surface area (TPSA) is 91.4 Å². The van der Waals surface area contributed by atoms with E-state index < -0.39 is 0 Å². The highest BCUT2D eigenvalue weighted by atomic mass is 32.1. The smallest absolute Gasteiger partial charge is 0.269 e. The fraction of sp³-hybridized carbons (Fsp3) is 0.250. The number of rotatable bonds is 4. The van der Waals surface area contributed by atoms with Crippen LogP contribution in [0.25, 0.3) is 21.7 Å². The lowest BCUT2D eigenvalue weighted by atomic mass is 10.1. The number of ether oxygens (including phenoxy) is 1. The molecule has 1 saturated heterocycles. The molecule has 1 N–H and O–H groups in total. The van der Waals surface area contributed by atoms with Crippen LogP contribution in [0.3, 0.4) is 0 Å². The first-order valence-electron chi connectivity index (χ1n) is 10.7. The number of nitrogens with one attached hydrogen (secondary N) is 1. The summed E-state index contributed by atoms with van der Waals surface area (Å²) in [5, 5.41) is 1.73. The maximum absolute atomic E-state index is 13.4. The molecule has 1 aliphatic heterocycles. The zero-order chi connectivity index (χ0) is 22.9. The molecule has 1 amide bonds. The first-order chi connectivity index (χ1) is 16.0. The van der Waals surface area contributed by atoms with E-state index in [1.54, 1.807) is 30.8 Å². The van der Waals surface area contributed by atoms with Crippen LogP contribution in [0.2, 0.25) is 0 Å². The van der Waals surface area contributed by atoms with Gasteiger partial charge in [-0.1, -0.05) is 12.1 Å². The molecular formula is C24H23N5O3S. The van der Waals surface area contributed by atoms with Crippen molar-refractivity contribution in [1.82, 2.24) is 19.9 Å². The Balaban J connectivity index is 1.39. The number of pyridine rings is 1. The second-order valence-corrected chi connectivity index (χ2v) is 8.79. The molecule has 0 unspecified atom stereocenters. The number of nitrogens with zero attached hydrogens (tertiary/aromatic N) is 4. The quantitative estimate of drug-likeness (QED) is 0.501. The fourth-order valence-electron chi connectivity index (χ4n) is 4.07. The second-order valence-electron chi connectivity index (χ2n) is 7.91. The van der Waals surface area contributed by atoms with Crippen LogP contribution in [-0.4, -0.2) is 59.0 Å². The van der Waals surface area contributed by atoms with Crippen LogP contribution in [0, 0.1) is 6.92 Å². The Kier molecular flexibility index (Phi) is 5.55. The molecule has 1 aliphatic rings. The number of hydrogen-bond donors (Lipinski definition) is 1. The molecule has 33 heavy (non-hydrogen) atoms. The number of anilines is 1. The molecule has 4 heterocycles. The van der Waals surface area contributed by atoms with E-state index in [-0.39, 0.29) is 11.5 Å². The van der Waals surface area contributed by atoms with Crippen molar-refractivity contribution in [3.8, 4) is 17.3 Å². The minimum absolute atomic E-state index is 0.109. The molecule has 5 rings (SSSR count). The summed E-state index contributed by atoms with van der Waals surface area (Å²) in [6, 6.07) is 11.5. The molecule has 3 aromatic heterocycles. The minimum Gasteiger partial charge on any atom is -0.495 e. The Labute approximate surface area is 194 Å². The van der Waals surface area contributed by atoms with Crippen LogP contribution >= 0.6 is 11.3 Å². The largest absolute Gasteiger partial charge is 0.495 e. The molecule has 0 aliphatic carbocycles. The molecule has 168 valence electrons. The third-order valence-corrected chi connectivity index (χ3v) is 6.78. The van der Waals surface area contributed by atoms with Gasteiger partial charge in [0, 0.05) is 37.8 Å². The van der Waals surface area contributed by atoms with E-state index in [0.717, 1.165) is 17.0 Å². The number of H-pyrrole nitrogens is 1. The van der Waals surface area contributed by atoms with Crippen LogP contribution in [0.4, 0.5) is 5.69 Å². The number of thiophene rings is 1. The van der Waals surface area contributed by atoms with E-state index in [2.05, 4.69) is 32.0 Å². The number of hydrogen-bond acceptors (Lipinski definition) is 7. The van der Waals surface area contributed by atoms with E-state index in [0.29, 0.717) is 53.5 Å². The third kappa shape index (κ3) is 3.95. The van der Waals surface area contributed by atoms with Crippen LogP contribution < -0.4 is 15.2 Å². The van der Waals surface area contributed by atoms with Gasteiger partial charge in [-0.2, -0.15) is 0 Å². The molecule has 0 atom stereocenters. The standard InChI is InChI=1S/C24H23N5O3S/c1-15-6-7-18(19(13-15)32-2)28-9-11-29(12-10-28)24(31)16-14-33-21-20(16)26-22(27-23(21)30)17-5-3-4-8-25-17/h3-8,13-14H,9-12H2,1-2H3,(H,26,27,30). The molecule has 0 saturated carbocycles. The van der Waals surface area contributed by atoms with Gasteiger partial charge in [-0.15, -0.1) is 11.3 Å². The van der Waals surface area contributed by atoms with Crippen LogP contribution in [0.15, 0.2) is 52.8 Å². The molecule has 1 fully saturated rings. The zero-order valence-electron chi connectivity index (χ0n) is 18.4. The highest BCUT2D eigenvalue weighted by molar-refractivity contribution is 7.17. The number of aromatic nitrogens is 3. The normalized spacial score (nSPS) is 14.0. The van der Waals surface area contributed by atoms with Crippen molar-refractivity contribution in [3.05, 3.63) is 69.5 Å². The Morgan fingerprint density at radius 2 is 1.97 bits per heavy atom.